The van der Waals surface area contributed by atoms with Gasteiger partial charge in [0, 0.05) is 6.54 Å². The summed E-state index contributed by atoms with van der Waals surface area (Å²) in [6, 6.07) is 11.3. The van der Waals surface area contributed by atoms with E-state index in [0.717, 1.165) is 17.4 Å². The van der Waals surface area contributed by atoms with Crippen molar-refractivity contribution in [3.05, 3.63) is 70.5 Å². The smallest absolute Gasteiger partial charge is 0.261 e. The molecule has 0 bridgehead atoms. The number of aromatic nitrogens is 2. The van der Waals surface area contributed by atoms with E-state index in [4.69, 9.17) is 4.74 Å². The third-order valence-electron chi connectivity index (χ3n) is 4.10. The maximum absolute atomic E-state index is 13.4. The summed E-state index contributed by atoms with van der Waals surface area (Å²) >= 11 is 0. The van der Waals surface area contributed by atoms with Crippen molar-refractivity contribution in [2.75, 3.05) is 6.61 Å². The minimum Gasteiger partial charge on any atom is -0.493 e. The van der Waals surface area contributed by atoms with Gasteiger partial charge in [-0.15, -0.1) is 0 Å². The van der Waals surface area contributed by atoms with Gasteiger partial charge in [-0.2, -0.15) is 0 Å². The van der Waals surface area contributed by atoms with Crippen LogP contribution >= 0.6 is 0 Å². The monoisotopic (exact) mass is 383 g/mol. The van der Waals surface area contributed by atoms with Gasteiger partial charge in [-0.25, -0.2) is 9.37 Å². The molecule has 0 aliphatic heterocycles. The molecule has 2 aromatic carbocycles. The van der Waals surface area contributed by atoms with Crippen molar-refractivity contribution in [3.63, 3.8) is 0 Å². The minimum atomic E-state index is -0.519. The van der Waals surface area contributed by atoms with Crippen LogP contribution in [-0.2, 0) is 17.9 Å². The minimum absolute atomic E-state index is 0.146. The SMILES string of the molecule is CC(C)COc1ccc(CNC(=O)Cn2cnc3ccc(F)cc3c2=O)cc1. The molecule has 0 saturated heterocycles. The third kappa shape index (κ3) is 4.94. The topological polar surface area (TPSA) is 73.2 Å². The lowest BCUT2D eigenvalue weighted by molar-refractivity contribution is -0.121. The first-order valence-electron chi connectivity index (χ1n) is 9.05. The molecule has 0 unspecified atom stereocenters. The molecule has 0 aliphatic rings. The quantitative estimate of drug-likeness (QED) is 0.681. The zero-order valence-electron chi connectivity index (χ0n) is 15.8. The van der Waals surface area contributed by atoms with E-state index in [1.807, 2.05) is 24.3 Å². The van der Waals surface area contributed by atoms with Crippen molar-refractivity contribution < 1.29 is 13.9 Å². The molecule has 3 rings (SSSR count). The number of hydrogen-bond acceptors (Lipinski definition) is 4. The number of nitrogens with one attached hydrogen (secondary N) is 1. The fourth-order valence-corrected chi connectivity index (χ4v) is 2.62. The van der Waals surface area contributed by atoms with Crippen LogP contribution in [0.3, 0.4) is 0 Å². The summed E-state index contributed by atoms with van der Waals surface area (Å²) in [5, 5.41) is 2.91. The maximum atomic E-state index is 13.4. The molecule has 0 saturated carbocycles. The largest absolute Gasteiger partial charge is 0.493 e. The van der Waals surface area contributed by atoms with Gasteiger partial charge in [0.1, 0.15) is 18.1 Å². The molecule has 7 heteroatoms. The standard InChI is InChI=1S/C21H22FN3O3/c1-14(2)12-28-17-6-3-15(4-7-17)10-23-20(26)11-25-13-24-19-8-5-16(22)9-18(19)21(25)27/h3-9,13-14H,10-12H2,1-2H3,(H,23,26). The van der Waals surface area contributed by atoms with E-state index in [1.54, 1.807) is 0 Å². The maximum Gasteiger partial charge on any atom is 0.261 e. The Bertz CT molecular complexity index is 1030. The first-order valence-corrected chi connectivity index (χ1v) is 9.05. The molecule has 3 aromatic rings. The summed E-state index contributed by atoms with van der Waals surface area (Å²) in [5.74, 6) is 0.377. The summed E-state index contributed by atoms with van der Waals surface area (Å²) in [5.41, 5.74) is 0.852. The van der Waals surface area contributed by atoms with E-state index < -0.39 is 11.4 Å². The summed E-state index contributed by atoms with van der Waals surface area (Å²) in [6.45, 7) is 4.95. The molecule has 0 aliphatic carbocycles. The lowest BCUT2D eigenvalue weighted by Crippen LogP contribution is -2.32. The highest BCUT2D eigenvalue weighted by molar-refractivity contribution is 5.79. The molecular weight excluding hydrogens is 361 g/mol. The van der Waals surface area contributed by atoms with Gasteiger partial charge >= 0.3 is 0 Å². The fraction of sp³-hybridized carbons (Fsp3) is 0.286. The van der Waals surface area contributed by atoms with E-state index in [0.29, 0.717) is 24.6 Å². The Balaban J connectivity index is 1.59. The number of carbonyl (C=O) groups is 1. The Morgan fingerprint density at radius 3 is 2.68 bits per heavy atom. The lowest BCUT2D eigenvalue weighted by Gasteiger charge is -2.10. The zero-order valence-corrected chi connectivity index (χ0v) is 15.8. The third-order valence-corrected chi connectivity index (χ3v) is 4.10. The van der Waals surface area contributed by atoms with Crippen molar-refractivity contribution in [1.82, 2.24) is 14.9 Å². The molecule has 28 heavy (non-hydrogen) atoms. The van der Waals surface area contributed by atoms with Gasteiger partial charge in [0.05, 0.1) is 23.8 Å². The van der Waals surface area contributed by atoms with Crippen LogP contribution in [0.2, 0.25) is 0 Å². The van der Waals surface area contributed by atoms with E-state index >= 15 is 0 Å². The van der Waals surface area contributed by atoms with E-state index in [1.165, 1.54) is 23.0 Å². The highest BCUT2D eigenvalue weighted by Crippen LogP contribution is 2.13. The first kappa shape index (κ1) is 19.5. The van der Waals surface area contributed by atoms with Gasteiger partial charge in [-0.3, -0.25) is 14.2 Å². The summed E-state index contributed by atoms with van der Waals surface area (Å²) in [4.78, 5) is 28.7. The predicted octanol–water partition coefficient (Wildman–Crippen LogP) is 2.89. The molecular formula is C21H22FN3O3. The second-order valence-electron chi connectivity index (χ2n) is 6.96. The van der Waals surface area contributed by atoms with E-state index in [9.17, 15) is 14.0 Å². The Hall–Kier alpha value is -3.22. The number of ether oxygens (including phenoxy) is 1. The van der Waals surface area contributed by atoms with Gasteiger partial charge in [0.2, 0.25) is 5.91 Å². The van der Waals surface area contributed by atoms with Crippen LogP contribution in [0, 0.1) is 11.7 Å². The molecule has 146 valence electrons. The Morgan fingerprint density at radius 1 is 1.21 bits per heavy atom. The molecule has 1 aromatic heterocycles. The number of fused-ring (bicyclic) bond motifs is 1. The van der Waals surface area contributed by atoms with Crippen LogP contribution in [0.5, 0.6) is 5.75 Å². The normalized spacial score (nSPS) is 11.0. The van der Waals surface area contributed by atoms with Crippen molar-refractivity contribution in [2.24, 2.45) is 5.92 Å². The first-order chi connectivity index (χ1) is 13.4. The molecule has 0 spiro atoms. The van der Waals surface area contributed by atoms with Crippen LogP contribution in [0.25, 0.3) is 10.9 Å². The van der Waals surface area contributed by atoms with Crippen LogP contribution < -0.4 is 15.6 Å². The van der Waals surface area contributed by atoms with Crippen LogP contribution in [0.15, 0.2) is 53.6 Å². The highest BCUT2D eigenvalue weighted by Gasteiger charge is 2.09. The second kappa shape index (κ2) is 8.65. The summed E-state index contributed by atoms with van der Waals surface area (Å²) < 4.78 is 20.2. The van der Waals surface area contributed by atoms with Crippen molar-refractivity contribution in [1.29, 1.82) is 0 Å². The molecule has 1 heterocycles. The van der Waals surface area contributed by atoms with E-state index in [-0.39, 0.29) is 17.8 Å². The Kier molecular flexibility index (Phi) is 6.03. The van der Waals surface area contributed by atoms with Crippen molar-refractivity contribution in [2.45, 2.75) is 26.9 Å². The van der Waals surface area contributed by atoms with Crippen LogP contribution in [0.1, 0.15) is 19.4 Å². The molecule has 1 amide bonds. The summed E-state index contributed by atoms with van der Waals surface area (Å²) in [7, 11) is 0. The number of halogens is 1. The Morgan fingerprint density at radius 2 is 1.96 bits per heavy atom. The van der Waals surface area contributed by atoms with Crippen LogP contribution in [0.4, 0.5) is 4.39 Å². The highest BCUT2D eigenvalue weighted by atomic mass is 19.1. The molecule has 0 fully saturated rings. The number of benzene rings is 2. The number of nitrogens with zero attached hydrogens (tertiary/aromatic N) is 2. The number of rotatable bonds is 7. The molecule has 0 radical (unpaired) electrons. The number of hydrogen-bond donors (Lipinski definition) is 1. The average Bonchev–Trinajstić information content (AvgIpc) is 2.68. The van der Waals surface area contributed by atoms with Crippen LogP contribution in [-0.4, -0.2) is 22.1 Å². The van der Waals surface area contributed by atoms with Gasteiger partial charge in [0.25, 0.3) is 5.56 Å². The van der Waals surface area contributed by atoms with Gasteiger partial charge in [0.15, 0.2) is 0 Å². The summed E-state index contributed by atoms with van der Waals surface area (Å²) in [6.07, 6.45) is 1.29. The zero-order chi connectivity index (χ0) is 20.1. The van der Waals surface area contributed by atoms with Gasteiger partial charge in [-0.05, 0) is 41.8 Å². The number of amides is 1. The fourth-order valence-electron chi connectivity index (χ4n) is 2.62. The number of carbonyl (C=O) groups excluding carboxylic acids is 1. The molecule has 0 atom stereocenters. The Labute approximate surface area is 162 Å². The second-order valence-corrected chi connectivity index (χ2v) is 6.96. The van der Waals surface area contributed by atoms with Gasteiger partial charge in [-0.1, -0.05) is 26.0 Å². The van der Waals surface area contributed by atoms with Crippen molar-refractivity contribution in [3.8, 4) is 5.75 Å². The molecule has 1 N–H and O–H groups in total. The molecule has 6 nitrogen and oxygen atoms in total. The average molecular weight is 383 g/mol. The van der Waals surface area contributed by atoms with Crippen molar-refractivity contribution >= 4 is 16.8 Å². The van der Waals surface area contributed by atoms with Gasteiger partial charge < -0.3 is 10.1 Å². The lowest BCUT2D eigenvalue weighted by atomic mass is 10.2. The van der Waals surface area contributed by atoms with E-state index in [2.05, 4.69) is 24.1 Å². The predicted molar refractivity (Wildman–Crippen MR) is 105 cm³/mol.